The fourth-order valence-electron chi connectivity index (χ4n) is 1.94. The van der Waals surface area contributed by atoms with Crippen LogP contribution in [0.5, 0.6) is 0 Å². The van der Waals surface area contributed by atoms with Crippen LogP contribution in [0.4, 0.5) is 20.6 Å². The van der Waals surface area contributed by atoms with Crippen molar-refractivity contribution in [3.63, 3.8) is 0 Å². The molecule has 1 aromatic carbocycles. The van der Waals surface area contributed by atoms with Gasteiger partial charge in [0.1, 0.15) is 12.4 Å². The standard InChI is InChI=1S/C11H10BrFN2O4/c12-9-6(13)1-2-7-10(9)14(3-4-16)8(17)5-15(7)11(18)19/h1-2,16H,3-5H2,(H,18,19). The van der Waals surface area contributed by atoms with Crippen LogP contribution in [0.3, 0.4) is 0 Å². The van der Waals surface area contributed by atoms with Crippen LogP contribution in [0.1, 0.15) is 0 Å². The number of carbonyl (C=O) groups is 2. The number of hydrogen-bond acceptors (Lipinski definition) is 3. The van der Waals surface area contributed by atoms with Crippen molar-refractivity contribution in [2.75, 3.05) is 29.5 Å². The Morgan fingerprint density at radius 2 is 2.16 bits per heavy atom. The van der Waals surface area contributed by atoms with Crippen molar-refractivity contribution in [3.8, 4) is 0 Å². The van der Waals surface area contributed by atoms with Gasteiger partial charge in [-0.1, -0.05) is 0 Å². The lowest BCUT2D eigenvalue weighted by Gasteiger charge is -2.35. The van der Waals surface area contributed by atoms with Crippen molar-refractivity contribution >= 4 is 39.3 Å². The molecule has 19 heavy (non-hydrogen) atoms. The van der Waals surface area contributed by atoms with E-state index in [1.807, 2.05) is 0 Å². The number of aliphatic hydroxyl groups excluding tert-OH is 1. The van der Waals surface area contributed by atoms with Gasteiger partial charge in [0.15, 0.2) is 0 Å². The molecule has 8 heteroatoms. The van der Waals surface area contributed by atoms with Crippen LogP contribution in [-0.4, -0.2) is 41.9 Å². The molecule has 0 unspecified atom stereocenters. The highest BCUT2D eigenvalue weighted by molar-refractivity contribution is 9.10. The quantitative estimate of drug-likeness (QED) is 0.858. The number of hydrogen-bond donors (Lipinski definition) is 2. The Kier molecular flexibility index (Phi) is 3.72. The first-order valence-electron chi connectivity index (χ1n) is 5.37. The number of benzene rings is 1. The molecule has 0 radical (unpaired) electrons. The van der Waals surface area contributed by atoms with Crippen molar-refractivity contribution in [1.29, 1.82) is 0 Å². The van der Waals surface area contributed by atoms with Gasteiger partial charge in [-0.05, 0) is 28.1 Å². The first-order chi connectivity index (χ1) is 8.97. The summed E-state index contributed by atoms with van der Waals surface area (Å²) in [6, 6.07) is 2.41. The maximum Gasteiger partial charge on any atom is 0.412 e. The molecule has 6 nitrogen and oxygen atoms in total. The van der Waals surface area contributed by atoms with Crippen LogP contribution in [-0.2, 0) is 4.79 Å². The molecule has 0 spiro atoms. The fraction of sp³-hybridized carbons (Fsp3) is 0.273. The molecule has 0 bridgehead atoms. The summed E-state index contributed by atoms with van der Waals surface area (Å²) in [5.41, 5.74) is 0.321. The van der Waals surface area contributed by atoms with Crippen LogP contribution in [0.2, 0.25) is 0 Å². The predicted molar refractivity (Wildman–Crippen MR) is 68.9 cm³/mol. The largest absolute Gasteiger partial charge is 0.465 e. The van der Waals surface area contributed by atoms with Gasteiger partial charge < -0.3 is 15.1 Å². The lowest BCUT2D eigenvalue weighted by atomic mass is 10.1. The second kappa shape index (κ2) is 5.14. The highest BCUT2D eigenvalue weighted by Crippen LogP contribution is 2.40. The van der Waals surface area contributed by atoms with E-state index in [1.54, 1.807) is 0 Å². The molecule has 102 valence electrons. The van der Waals surface area contributed by atoms with Crippen LogP contribution in [0, 0.1) is 5.82 Å². The molecular weight excluding hydrogens is 323 g/mol. The van der Waals surface area contributed by atoms with Gasteiger partial charge >= 0.3 is 6.09 Å². The van der Waals surface area contributed by atoms with Gasteiger partial charge in [0, 0.05) is 6.54 Å². The summed E-state index contributed by atoms with van der Waals surface area (Å²) in [5.74, 6) is -1.13. The smallest absolute Gasteiger partial charge is 0.412 e. The van der Waals surface area contributed by atoms with Crippen LogP contribution >= 0.6 is 15.9 Å². The molecule has 1 heterocycles. The highest BCUT2D eigenvalue weighted by Gasteiger charge is 2.34. The second-order valence-electron chi connectivity index (χ2n) is 3.87. The number of amides is 2. The fourth-order valence-corrected chi connectivity index (χ4v) is 2.49. The van der Waals surface area contributed by atoms with Crippen molar-refractivity contribution in [2.45, 2.75) is 0 Å². The second-order valence-corrected chi connectivity index (χ2v) is 4.66. The Bertz CT molecular complexity index is 552. The van der Waals surface area contributed by atoms with E-state index in [-0.39, 0.29) is 35.5 Å². The number of anilines is 2. The molecule has 1 aliphatic heterocycles. The van der Waals surface area contributed by atoms with Gasteiger partial charge in [-0.2, -0.15) is 0 Å². The van der Waals surface area contributed by atoms with Gasteiger partial charge in [-0.25, -0.2) is 9.18 Å². The third-order valence-electron chi connectivity index (χ3n) is 2.76. The summed E-state index contributed by atoms with van der Waals surface area (Å²) in [6.07, 6.45) is -1.29. The van der Waals surface area contributed by atoms with Crippen molar-refractivity contribution in [3.05, 3.63) is 22.4 Å². The zero-order valence-electron chi connectivity index (χ0n) is 9.64. The Morgan fingerprint density at radius 3 is 2.74 bits per heavy atom. The van der Waals surface area contributed by atoms with E-state index in [0.717, 1.165) is 11.0 Å². The van der Waals surface area contributed by atoms with Gasteiger partial charge in [-0.3, -0.25) is 9.69 Å². The summed E-state index contributed by atoms with van der Waals surface area (Å²) in [5, 5.41) is 18.0. The Morgan fingerprint density at radius 1 is 1.47 bits per heavy atom. The predicted octanol–water partition coefficient (Wildman–Crippen LogP) is 1.41. The van der Waals surface area contributed by atoms with E-state index < -0.39 is 17.8 Å². The molecule has 1 aliphatic rings. The average Bonchev–Trinajstić information content (AvgIpc) is 2.36. The van der Waals surface area contributed by atoms with Crippen molar-refractivity contribution < 1.29 is 24.2 Å². The molecule has 0 aliphatic carbocycles. The number of rotatable bonds is 2. The zero-order chi connectivity index (χ0) is 14.2. The maximum absolute atomic E-state index is 13.6. The molecule has 0 aromatic heterocycles. The Hall–Kier alpha value is -1.67. The number of carbonyl (C=O) groups excluding carboxylic acids is 1. The number of halogens is 2. The summed E-state index contributed by atoms with van der Waals surface area (Å²) < 4.78 is 13.6. The summed E-state index contributed by atoms with van der Waals surface area (Å²) in [7, 11) is 0. The first-order valence-corrected chi connectivity index (χ1v) is 6.16. The van der Waals surface area contributed by atoms with Crippen molar-refractivity contribution in [1.82, 2.24) is 0 Å². The molecule has 2 amide bonds. The lowest BCUT2D eigenvalue weighted by molar-refractivity contribution is -0.117. The van der Waals surface area contributed by atoms with E-state index in [4.69, 9.17) is 10.2 Å². The van der Waals surface area contributed by atoms with Gasteiger partial charge in [0.05, 0.1) is 22.5 Å². The lowest BCUT2D eigenvalue weighted by Crippen LogP contribution is -2.48. The highest BCUT2D eigenvalue weighted by atomic mass is 79.9. The number of β-amino-alcohol motifs (C(OH)–C–C–N with tert-alkyl or cyclic N) is 1. The normalized spacial score (nSPS) is 14.6. The first kappa shape index (κ1) is 13.8. The third-order valence-corrected chi connectivity index (χ3v) is 3.51. The van der Waals surface area contributed by atoms with E-state index in [1.165, 1.54) is 11.0 Å². The molecule has 0 fully saturated rings. The number of nitrogens with zero attached hydrogens (tertiary/aromatic N) is 2. The minimum Gasteiger partial charge on any atom is -0.465 e. The average molecular weight is 333 g/mol. The zero-order valence-corrected chi connectivity index (χ0v) is 11.2. The molecule has 0 atom stereocenters. The molecule has 1 aromatic rings. The van der Waals surface area contributed by atoms with Crippen LogP contribution in [0.25, 0.3) is 0 Å². The van der Waals surface area contributed by atoms with Crippen LogP contribution < -0.4 is 9.80 Å². The molecular formula is C11H10BrFN2O4. The van der Waals surface area contributed by atoms with Gasteiger partial charge in [0.2, 0.25) is 5.91 Å². The number of fused-ring (bicyclic) bond motifs is 1. The van der Waals surface area contributed by atoms with Crippen LogP contribution in [0.15, 0.2) is 16.6 Å². The minimum atomic E-state index is -1.29. The van der Waals surface area contributed by atoms with E-state index in [9.17, 15) is 14.0 Å². The SMILES string of the molecule is O=C(O)N1CC(=O)N(CCO)c2c1ccc(F)c2Br. The van der Waals surface area contributed by atoms with Crippen molar-refractivity contribution in [2.24, 2.45) is 0 Å². The van der Waals surface area contributed by atoms with E-state index in [0.29, 0.717) is 0 Å². The molecule has 2 rings (SSSR count). The number of aliphatic hydroxyl groups is 1. The van der Waals surface area contributed by atoms with Gasteiger partial charge in [0.25, 0.3) is 0 Å². The maximum atomic E-state index is 13.6. The van der Waals surface area contributed by atoms with E-state index in [2.05, 4.69) is 15.9 Å². The number of carboxylic acid groups (broad SMARTS) is 1. The molecule has 2 N–H and O–H groups in total. The molecule has 0 saturated heterocycles. The Balaban J connectivity index is 2.63. The Labute approximate surface area is 116 Å². The molecule has 0 saturated carbocycles. The summed E-state index contributed by atoms with van der Waals surface area (Å²) in [6.45, 7) is -0.692. The topological polar surface area (TPSA) is 81.1 Å². The summed E-state index contributed by atoms with van der Waals surface area (Å²) in [4.78, 5) is 25.0. The van der Waals surface area contributed by atoms with E-state index >= 15 is 0 Å². The third kappa shape index (κ3) is 2.28. The summed E-state index contributed by atoms with van der Waals surface area (Å²) >= 11 is 3.01. The van der Waals surface area contributed by atoms with Gasteiger partial charge in [-0.15, -0.1) is 0 Å². The monoisotopic (exact) mass is 332 g/mol. The minimum absolute atomic E-state index is 0.00208.